The zero-order valence-corrected chi connectivity index (χ0v) is 15.8. The third kappa shape index (κ3) is 3.51. The first-order chi connectivity index (χ1) is 13.1. The number of hydrogen-bond donors (Lipinski definition) is 0. The highest BCUT2D eigenvalue weighted by atomic mass is 35.5. The first-order valence-corrected chi connectivity index (χ1v) is 9.31. The van der Waals surface area contributed by atoms with E-state index in [2.05, 4.69) is 28.6 Å². The predicted molar refractivity (Wildman–Crippen MR) is 110 cm³/mol. The Balaban J connectivity index is 1.58. The van der Waals surface area contributed by atoms with E-state index >= 15 is 0 Å². The molecule has 0 bridgehead atoms. The van der Waals surface area contributed by atoms with Crippen LogP contribution in [0.1, 0.15) is 27.9 Å². The van der Waals surface area contributed by atoms with E-state index in [4.69, 9.17) is 11.6 Å². The number of nitrogens with zero attached hydrogens (tertiary/aromatic N) is 2. The van der Waals surface area contributed by atoms with Gasteiger partial charge < -0.3 is 0 Å². The Hall–Kier alpha value is -2.91. The largest absolute Gasteiger partial charge is 0.299 e. The summed E-state index contributed by atoms with van der Waals surface area (Å²) in [6.07, 6.45) is 2.87. The van der Waals surface area contributed by atoms with E-state index in [1.807, 2.05) is 60.9 Å². The van der Waals surface area contributed by atoms with E-state index in [-0.39, 0.29) is 5.78 Å². The molecule has 0 saturated carbocycles. The quantitative estimate of drug-likeness (QED) is 0.413. The summed E-state index contributed by atoms with van der Waals surface area (Å²) in [5.74, 6) is 0.0993. The molecule has 0 fully saturated rings. The maximum Gasteiger partial charge on any atom is 0.163 e. The summed E-state index contributed by atoms with van der Waals surface area (Å²) in [5.41, 5.74) is 5.77. The summed E-state index contributed by atoms with van der Waals surface area (Å²) in [7, 11) is 0. The number of hydrogen-bond acceptors (Lipinski definition) is 2. The first kappa shape index (κ1) is 17.5. The number of para-hydroxylation sites is 1. The van der Waals surface area contributed by atoms with Gasteiger partial charge in [-0.15, -0.1) is 0 Å². The molecule has 3 aromatic carbocycles. The molecule has 0 saturated heterocycles. The van der Waals surface area contributed by atoms with Gasteiger partial charge in [0.05, 0.1) is 16.7 Å². The Morgan fingerprint density at radius 1 is 1.04 bits per heavy atom. The molecule has 0 radical (unpaired) electrons. The predicted octanol–water partition coefficient (Wildman–Crippen LogP) is 5.80. The van der Waals surface area contributed by atoms with Gasteiger partial charge in [-0.05, 0) is 54.8 Å². The highest BCUT2D eigenvalue weighted by molar-refractivity contribution is 6.31. The van der Waals surface area contributed by atoms with Crippen molar-refractivity contribution < 1.29 is 4.79 Å². The molecule has 1 aromatic heterocycles. The molecule has 0 aliphatic carbocycles. The monoisotopic (exact) mass is 374 g/mol. The van der Waals surface area contributed by atoms with E-state index in [0.29, 0.717) is 23.4 Å². The van der Waals surface area contributed by atoms with Crippen molar-refractivity contribution in [3.05, 3.63) is 94.8 Å². The fourth-order valence-corrected chi connectivity index (χ4v) is 3.54. The smallest absolute Gasteiger partial charge is 0.163 e. The minimum atomic E-state index is 0.0993. The highest BCUT2D eigenvalue weighted by Crippen LogP contribution is 2.23. The molecule has 134 valence electrons. The van der Waals surface area contributed by atoms with Crippen molar-refractivity contribution in [2.45, 2.75) is 19.8 Å². The molecule has 0 spiro atoms. The van der Waals surface area contributed by atoms with Gasteiger partial charge in [0.2, 0.25) is 0 Å². The number of carbonyl (C=O) groups excluding carboxylic acids is 1. The van der Waals surface area contributed by atoms with Gasteiger partial charge in [0.15, 0.2) is 5.78 Å². The highest BCUT2D eigenvalue weighted by Gasteiger charge is 2.12. The molecule has 0 aliphatic rings. The molecule has 4 aromatic rings. The molecule has 4 rings (SSSR count). The fraction of sp³-hybridized carbons (Fsp3) is 0.130. The standard InChI is InChI=1S/C23H19ClN2O/c1-16-6-2-5-9-21(16)26-15-25-20-14-18(10-12-22(20)26)23(27)13-11-17-7-3-4-8-19(17)24/h2-10,12,14-15H,11,13H2,1H3. The number of aromatic nitrogens is 2. The van der Waals surface area contributed by atoms with Gasteiger partial charge in [-0.3, -0.25) is 9.36 Å². The van der Waals surface area contributed by atoms with Crippen LogP contribution < -0.4 is 0 Å². The Kier molecular flexibility index (Phi) is 4.78. The number of imidazole rings is 1. The minimum absolute atomic E-state index is 0.0993. The molecule has 3 nitrogen and oxygen atoms in total. The number of carbonyl (C=O) groups is 1. The number of halogens is 1. The second-order valence-corrected chi connectivity index (χ2v) is 7.03. The van der Waals surface area contributed by atoms with Gasteiger partial charge in [0, 0.05) is 17.0 Å². The topological polar surface area (TPSA) is 34.9 Å². The zero-order chi connectivity index (χ0) is 18.8. The van der Waals surface area contributed by atoms with Crippen LogP contribution >= 0.6 is 11.6 Å². The van der Waals surface area contributed by atoms with Gasteiger partial charge in [-0.2, -0.15) is 0 Å². The number of ketones is 1. The molecule has 0 aliphatic heterocycles. The zero-order valence-electron chi connectivity index (χ0n) is 15.0. The fourth-order valence-electron chi connectivity index (χ4n) is 3.31. The maximum atomic E-state index is 12.6. The molecule has 27 heavy (non-hydrogen) atoms. The summed E-state index contributed by atoms with van der Waals surface area (Å²) >= 11 is 6.18. The average molecular weight is 375 g/mol. The second-order valence-electron chi connectivity index (χ2n) is 6.62. The van der Waals surface area contributed by atoms with Crippen LogP contribution in [0.2, 0.25) is 5.02 Å². The lowest BCUT2D eigenvalue weighted by Crippen LogP contribution is -2.02. The number of aryl methyl sites for hydroxylation is 2. The Bertz CT molecular complexity index is 1130. The number of fused-ring (bicyclic) bond motifs is 1. The summed E-state index contributed by atoms with van der Waals surface area (Å²) in [4.78, 5) is 17.1. The van der Waals surface area contributed by atoms with Gasteiger partial charge in [0.25, 0.3) is 0 Å². The lowest BCUT2D eigenvalue weighted by atomic mass is 10.0. The molecular weight excluding hydrogens is 356 g/mol. The van der Waals surface area contributed by atoms with Crippen molar-refractivity contribution in [2.24, 2.45) is 0 Å². The summed E-state index contributed by atoms with van der Waals surface area (Å²) < 4.78 is 2.06. The van der Waals surface area contributed by atoms with Crippen molar-refractivity contribution in [1.82, 2.24) is 9.55 Å². The van der Waals surface area contributed by atoms with Crippen LogP contribution in [0.15, 0.2) is 73.1 Å². The van der Waals surface area contributed by atoms with Gasteiger partial charge in [-0.25, -0.2) is 4.98 Å². The van der Waals surface area contributed by atoms with Crippen LogP contribution in [-0.4, -0.2) is 15.3 Å². The van der Waals surface area contributed by atoms with Crippen molar-refractivity contribution in [3.8, 4) is 5.69 Å². The van der Waals surface area contributed by atoms with Crippen LogP contribution in [0.25, 0.3) is 16.7 Å². The van der Waals surface area contributed by atoms with Crippen molar-refractivity contribution in [2.75, 3.05) is 0 Å². The molecule has 0 N–H and O–H groups in total. The second kappa shape index (κ2) is 7.37. The third-order valence-corrected chi connectivity index (χ3v) is 5.19. The maximum absolute atomic E-state index is 12.6. The normalized spacial score (nSPS) is 11.0. The molecule has 1 heterocycles. The Morgan fingerprint density at radius 3 is 2.63 bits per heavy atom. The van der Waals surface area contributed by atoms with Crippen molar-refractivity contribution in [3.63, 3.8) is 0 Å². The summed E-state index contributed by atoms with van der Waals surface area (Å²) in [6, 6.07) is 21.6. The SMILES string of the molecule is Cc1ccccc1-n1cnc2cc(C(=O)CCc3ccccc3Cl)ccc21. The molecule has 0 atom stereocenters. The van der Waals surface area contributed by atoms with E-state index < -0.39 is 0 Å². The Morgan fingerprint density at radius 2 is 1.81 bits per heavy atom. The van der Waals surface area contributed by atoms with E-state index in [0.717, 1.165) is 22.3 Å². The number of benzene rings is 3. The molecular formula is C23H19ClN2O. The van der Waals surface area contributed by atoms with E-state index in [1.54, 1.807) is 0 Å². The number of Topliss-reactive ketones (excluding diaryl/α,β-unsaturated/α-hetero) is 1. The van der Waals surface area contributed by atoms with Crippen LogP contribution in [-0.2, 0) is 6.42 Å². The Labute approximate surface area is 163 Å². The van der Waals surface area contributed by atoms with Gasteiger partial charge in [0.1, 0.15) is 6.33 Å². The minimum Gasteiger partial charge on any atom is -0.299 e. The number of rotatable bonds is 5. The summed E-state index contributed by atoms with van der Waals surface area (Å²) in [5, 5.41) is 0.706. The van der Waals surface area contributed by atoms with E-state index in [9.17, 15) is 4.79 Å². The van der Waals surface area contributed by atoms with Crippen LogP contribution in [0.4, 0.5) is 0 Å². The lowest BCUT2D eigenvalue weighted by molar-refractivity contribution is 0.0983. The summed E-state index contributed by atoms with van der Waals surface area (Å²) in [6.45, 7) is 2.08. The van der Waals surface area contributed by atoms with Gasteiger partial charge >= 0.3 is 0 Å². The molecule has 0 amide bonds. The van der Waals surface area contributed by atoms with Crippen LogP contribution in [0.5, 0.6) is 0 Å². The molecule has 4 heteroatoms. The lowest BCUT2D eigenvalue weighted by Gasteiger charge is -2.08. The van der Waals surface area contributed by atoms with Crippen LogP contribution in [0, 0.1) is 6.92 Å². The third-order valence-electron chi connectivity index (χ3n) is 4.82. The van der Waals surface area contributed by atoms with Crippen molar-refractivity contribution >= 4 is 28.4 Å². The van der Waals surface area contributed by atoms with Crippen LogP contribution in [0.3, 0.4) is 0 Å². The average Bonchev–Trinajstić information content (AvgIpc) is 3.10. The molecule has 0 unspecified atom stereocenters. The van der Waals surface area contributed by atoms with Crippen molar-refractivity contribution in [1.29, 1.82) is 0 Å². The first-order valence-electron chi connectivity index (χ1n) is 8.93. The van der Waals surface area contributed by atoms with Gasteiger partial charge in [-0.1, -0.05) is 48.0 Å². The van der Waals surface area contributed by atoms with E-state index in [1.165, 1.54) is 5.56 Å².